The quantitative estimate of drug-likeness (QED) is 0.787. The molecule has 0 aliphatic heterocycles. The van der Waals surface area contributed by atoms with Crippen molar-refractivity contribution in [2.75, 3.05) is 0 Å². The fraction of sp³-hybridized carbons (Fsp3) is 0.636. The lowest BCUT2D eigenvalue weighted by atomic mass is 10.1. The van der Waals surface area contributed by atoms with Crippen LogP contribution in [0.15, 0.2) is 12.1 Å². The van der Waals surface area contributed by atoms with E-state index >= 15 is 0 Å². The number of rotatable bonds is 3. The highest BCUT2D eigenvalue weighted by Crippen LogP contribution is 2.55. The molecule has 2 rings (SSSR count). The average molecular weight is 196 g/mol. The van der Waals surface area contributed by atoms with E-state index in [1.807, 2.05) is 0 Å². The Hall–Kier alpha value is -0.340. The molecule has 1 saturated carbocycles. The highest BCUT2D eigenvalue weighted by atomic mass is 32.1. The molecule has 2 heteroatoms. The van der Waals surface area contributed by atoms with Crippen LogP contribution < -0.4 is 0 Å². The zero-order valence-electron chi connectivity index (χ0n) is 8.21. The van der Waals surface area contributed by atoms with E-state index in [1.165, 1.54) is 16.2 Å². The van der Waals surface area contributed by atoms with Gasteiger partial charge in [-0.1, -0.05) is 13.3 Å². The molecule has 0 saturated heterocycles. The number of thiophene rings is 1. The number of aliphatic hydroxyl groups is 1. The highest BCUT2D eigenvalue weighted by molar-refractivity contribution is 7.12. The van der Waals surface area contributed by atoms with E-state index in [1.54, 1.807) is 11.3 Å². The third-order valence-electron chi connectivity index (χ3n) is 2.88. The number of hydrogen-bond donors (Lipinski definition) is 1. The third-order valence-corrected chi connectivity index (χ3v) is 4.04. The normalized spacial score (nSPS) is 32.1. The Kier molecular flexibility index (Phi) is 2.20. The van der Waals surface area contributed by atoms with Crippen molar-refractivity contribution < 1.29 is 5.11 Å². The lowest BCUT2D eigenvalue weighted by Gasteiger charge is -2.06. The van der Waals surface area contributed by atoms with Gasteiger partial charge in [0.25, 0.3) is 0 Å². The van der Waals surface area contributed by atoms with Crippen molar-refractivity contribution in [3.63, 3.8) is 0 Å². The summed E-state index contributed by atoms with van der Waals surface area (Å²) in [6, 6.07) is 4.18. The summed E-state index contributed by atoms with van der Waals surface area (Å²) in [5.41, 5.74) is -0.449. The predicted molar refractivity (Wildman–Crippen MR) is 56.0 cm³/mol. The van der Waals surface area contributed by atoms with E-state index < -0.39 is 5.60 Å². The molecule has 1 aliphatic rings. The first-order valence-electron chi connectivity index (χ1n) is 4.96. The van der Waals surface area contributed by atoms with E-state index in [0.29, 0.717) is 5.92 Å². The largest absolute Gasteiger partial charge is 0.384 e. The lowest BCUT2D eigenvalue weighted by molar-refractivity contribution is 0.133. The van der Waals surface area contributed by atoms with Crippen molar-refractivity contribution in [3.05, 3.63) is 21.9 Å². The van der Waals surface area contributed by atoms with Gasteiger partial charge >= 0.3 is 0 Å². The van der Waals surface area contributed by atoms with Crippen molar-refractivity contribution in [1.29, 1.82) is 0 Å². The zero-order valence-corrected chi connectivity index (χ0v) is 9.03. The fourth-order valence-electron chi connectivity index (χ4n) is 1.98. The van der Waals surface area contributed by atoms with Crippen LogP contribution in [0, 0.1) is 12.8 Å². The number of hydrogen-bond acceptors (Lipinski definition) is 2. The van der Waals surface area contributed by atoms with Crippen molar-refractivity contribution >= 4 is 11.3 Å². The molecule has 0 spiro atoms. The third kappa shape index (κ3) is 1.53. The van der Waals surface area contributed by atoms with Crippen LogP contribution in [0.25, 0.3) is 0 Å². The van der Waals surface area contributed by atoms with Gasteiger partial charge in [-0.3, -0.25) is 0 Å². The Morgan fingerprint density at radius 3 is 2.92 bits per heavy atom. The maximum Gasteiger partial charge on any atom is 0.102 e. The van der Waals surface area contributed by atoms with Crippen molar-refractivity contribution in [3.8, 4) is 0 Å². The molecule has 0 bridgehead atoms. The van der Waals surface area contributed by atoms with Gasteiger partial charge in [0.1, 0.15) is 5.60 Å². The van der Waals surface area contributed by atoms with E-state index in [2.05, 4.69) is 26.0 Å². The van der Waals surface area contributed by atoms with E-state index in [9.17, 15) is 5.11 Å². The van der Waals surface area contributed by atoms with Crippen LogP contribution in [0.4, 0.5) is 0 Å². The van der Waals surface area contributed by atoms with Gasteiger partial charge in [-0.05, 0) is 37.8 Å². The molecule has 1 aromatic heterocycles. The van der Waals surface area contributed by atoms with Gasteiger partial charge in [0.2, 0.25) is 0 Å². The summed E-state index contributed by atoms with van der Waals surface area (Å²) in [5, 5.41) is 10.2. The van der Waals surface area contributed by atoms with Gasteiger partial charge in [0.15, 0.2) is 0 Å². The minimum atomic E-state index is -0.449. The van der Waals surface area contributed by atoms with Crippen LogP contribution in [0.3, 0.4) is 0 Å². The Morgan fingerprint density at radius 2 is 2.38 bits per heavy atom. The maximum atomic E-state index is 10.2. The average Bonchev–Trinajstić information content (AvgIpc) is 2.57. The Morgan fingerprint density at radius 1 is 1.62 bits per heavy atom. The van der Waals surface area contributed by atoms with Gasteiger partial charge in [-0.2, -0.15) is 0 Å². The van der Waals surface area contributed by atoms with E-state index in [-0.39, 0.29) is 0 Å². The standard InChI is InChI=1S/C11H16OS/c1-3-4-9-7-11(9,12)10-6-5-8(2)13-10/h5-6,9,12H,3-4,7H2,1-2H3. The van der Waals surface area contributed by atoms with Gasteiger partial charge in [0, 0.05) is 9.75 Å². The van der Waals surface area contributed by atoms with Crippen LogP contribution in [-0.4, -0.2) is 5.11 Å². The molecule has 1 heterocycles. The smallest absolute Gasteiger partial charge is 0.102 e. The van der Waals surface area contributed by atoms with Gasteiger partial charge in [-0.25, -0.2) is 0 Å². The van der Waals surface area contributed by atoms with Crippen LogP contribution in [0.5, 0.6) is 0 Å². The minimum Gasteiger partial charge on any atom is -0.384 e. The molecule has 1 aliphatic carbocycles. The number of aryl methyl sites for hydroxylation is 1. The second kappa shape index (κ2) is 3.10. The Labute approximate surface area is 83.4 Å². The van der Waals surface area contributed by atoms with Gasteiger partial charge in [0.05, 0.1) is 0 Å². The summed E-state index contributed by atoms with van der Waals surface area (Å²) < 4.78 is 0. The monoisotopic (exact) mass is 196 g/mol. The molecule has 1 nitrogen and oxygen atoms in total. The first kappa shape index (κ1) is 9.22. The van der Waals surface area contributed by atoms with Crippen LogP contribution in [0.2, 0.25) is 0 Å². The zero-order chi connectivity index (χ0) is 9.47. The molecule has 0 radical (unpaired) electrons. The van der Waals surface area contributed by atoms with E-state index in [4.69, 9.17) is 0 Å². The highest BCUT2D eigenvalue weighted by Gasteiger charge is 2.53. The summed E-state index contributed by atoms with van der Waals surface area (Å²) in [5.74, 6) is 0.524. The van der Waals surface area contributed by atoms with Crippen LogP contribution in [0.1, 0.15) is 35.9 Å². The molecule has 72 valence electrons. The topological polar surface area (TPSA) is 20.2 Å². The first-order valence-corrected chi connectivity index (χ1v) is 5.77. The minimum absolute atomic E-state index is 0.449. The Balaban J connectivity index is 2.11. The maximum absolute atomic E-state index is 10.2. The Bertz CT molecular complexity index is 305. The SMILES string of the molecule is CCCC1CC1(O)c1ccc(C)s1. The summed E-state index contributed by atoms with van der Waals surface area (Å²) in [4.78, 5) is 2.47. The predicted octanol–water partition coefficient (Wildman–Crippen LogP) is 3.06. The molecule has 2 atom stereocenters. The summed E-state index contributed by atoms with van der Waals surface area (Å²) >= 11 is 1.74. The second-order valence-corrected chi connectivity index (χ2v) is 5.31. The fourth-order valence-corrected chi connectivity index (χ4v) is 3.02. The molecule has 13 heavy (non-hydrogen) atoms. The molecule has 1 aromatic rings. The summed E-state index contributed by atoms with van der Waals surface area (Å²) in [6.45, 7) is 4.27. The molecule has 2 unspecified atom stereocenters. The molecule has 0 aromatic carbocycles. The van der Waals surface area contributed by atoms with Crippen molar-refractivity contribution in [1.82, 2.24) is 0 Å². The molecule has 1 N–H and O–H groups in total. The molecule has 1 fully saturated rings. The molecular weight excluding hydrogens is 180 g/mol. The molecular formula is C11H16OS. The molecule has 0 amide bonds. The summed E-state index contributed by atoms with van der Waals surface area (Å²) in [7, 11) is 0. The van der Waals surface area contributed by atoms with Crippen molar-refractivity contribution in [2.45, 2.75) is 38.7 Å². The van der Waals surface area contributed by atoms with Crippen LogP contribution in [-0.2, 0) is 5.60 Å². The second-order valence-electron chi connectivity index (χ2n) is 4.02. The van der Waals surface area contributed by atoms with E-state index in [0.717, 1.165) is 12.8 Å². The summed E-state index contributed by atoms with van der Waals surface area (Å²) in [6.07, 6.45) is 3.31. The van der Waals surface area contributed by atoms with Crippen LogP contribution >= 0.6 is 11.3 Å². The van der Waals surface area contributed by atoms with Gasteiger partial charge in [-0.15, -0.1) is 11.3 Å². The van der Waals surface area contributed by atoms with Gasteiger partial charge < -0.3 is 5.11 Å². The van der Waals surface area contributed by atoms with Crippen molar-refractivity contribution in [2.24, 2.45) is 5.92 Å². The lowest BCUT2D eigenvalue weighted by Crippen LogP contribution is -2.05. The first-order chi connectivity index (χ1) is 6.16.